The zero-order valence-corrected chi connectivity index (χ0v) is 28.1. The van der Waals surface area contributed by atoms with Crippen molar-refractivity contribution in [2.24, 2.45) is 5.73 Å². The van der Waals surface area contributed by atoms with Crippen molar-refractivity contribution in [2.45, 2.75) is 45.8 Å². The molecule has 0 radical (unpaired) electrons. The van der Waals surface area contributed by atoms with Crippen LogP contribution in [0.3, 0.4) is 0 Å². The summed E-state index contributed by atoms with van der Waals surface area (Å²) in [5, 5.41) is 6.75. The Morgan fingerprint density at radius 1 is 0.896 bits per heavy atom. The summed E-state index contributed by atoms with van der Waals surface area (Å²) in [7, 11) is 3.65. The minimum Gasteiger partial charge on any atom is -0.491 e. The third-order valence-electron chi connectivity index (χ3n) is 8.63. The maximum atomic E-state index is 13.4. The first-order valence-electron chi connectivity index (χ1n) is 16.5. The standard InChI is InChI=1S/C37H46N6O5/c1-25-11-13-33(34(20-25)48-19-6-4-5-10-35(44)43-17-15-42(2)16-18-43)41-36(45)26-12-14-31(27(21-26)24-47-3)40-37(46)29-8-7-9-32-30(29)22-28(23-38)39-32/h7-9,11-14,20-22,39H,4-6,10,15-19,23-24,38H2,1-3H3,(H,40,46)(H,41,45). The number of hydrogen-bond acceptors (Lipinski definition) is 7. The smallest absolute Gasteiger partial charge is 0.256 e. The number of aromatic nitrogens is 1. The molecule has 1 fully saturated rings. The SMILES string of the molecule is COCc1cc(C(=O)Nc2ccc(C)cc2OCCCCCC(=O)N2CCN(C)CC2)ccc1NC(=O)c1cccc2[nH]c(CN)cc12. The van der Waals surface area contributed by atoms with Crippen LogP contribution in [0.15, 0.2) is 60.7 Å². The third-order valence-corrected chi connectivity index (χ3v) is 8.63. The number of carbonyl (C=O) groups excluding carboxylic acids is 3. The van der Waals surface area contributed by atoms with Crippen LogP contribution in [0.25, 0.3) is 10.9 Å². The number of H-pyrrole nitrogens is 1. The molecule has 1 aromatic heterocycles. The minimum absolute atomic E-state index is 0.197. The monoisotopic (exact) mass is 654 g/mol. The van der Waals surface area contributed by atoms with Gasteiger partial charge in [0.05, 0.1) is 18.9 Å². The van der Waals surface area contributed by atoms with Gasteiger partial charge in [-0.2, -0.15) is 0 Å². The Labute approximate surface area is 281 Å². The molecule has 0 saturated carbocycles. The normalized spacial score (nSPS) is 13.5. The van der Waals surface area contributed by atoms with Crippen LogP contribution in [0.1, 0.15) is 63.2 Å². The number of nitrogens with two attached hydrogens (primary N) is 1. The van der Waals surface area contributed by atoms with Crippen LogP contribution in [-0.2, 0) is 22.7 Å². The first-order valence-corrected chi connectivity index (χ1v) is 16.5. The lowest BCUT2D eigenvalue weighted by Crippen LogP contribution is -2.47. The van der Waals surface area contributed by atoms with Gasteiger partial charge in [-0.1, -0.05) is 12.1 Å². The summed E-state index contributed by atoms with van der Waals surface area (Å²) < 4.78 is 11.5. The van der Waals surface area contributed by atoms with Gasteiger partial charge in [0.2, 0.25) is 5.91 Å². The largest absolute Gasteiger partial charge is 0.491 e. The van der Waals surface area contributed by atoms with Crippen LogP contribution < -0.4 is 21.1 Å². The lowest BCUT2D eigenvalue weighted by molar-refractivity contribution is -0.132. The van der Waals surface area contributed by atoms with Crippen molar-refractivity contribution in [1.82, 2.24) is 14.8 Å². The zero-order chi connectivity index (χ0) is 34.0. The summed E-state index contributed by atoms with van der Waals surface area (Å²) >= 11 is 0. The molecule has 48 heavy (non-hydrogen) atoms. The van der Waals surface area contributed by atoms with E-state index >= 15 is 0 Å². The molecule has 11 nitrogen and oxygen atoms in total. The molecular weight excluding hydrogens is 608 g/mol. The number of piperazine rings is 1. The van der Waals surface area contributed by atoms with Crippen molar-refractivity contribution in [1.29, 1.82) is 0 Å². The number of unbranched alkanes of at least 4 members (excludes halogenated alkanes) is 2. The summed E-state index contributed by atoms with van der Waals surface area (Å²) in [5.74, 6) is 0.232. The fraction of sp³-hybridized carbons (Fsp3) is 0.378. The molecule has 1 aliphatic heterocycles. The number of fused-ring (bicyclic) bond motifs is 1. The summed E-state index contributed by atoms with van der Waals surface area (Å²) in [6, 6.07) is 18.1. The molecule has 1 aliphatic rings. The molecule has 2 heterocycles. The number of carbonyl (C=O) groups is 3. The molecule has 5 rings (SSSR count). The van der Waals surface area contributed by atoms with Crippen LogP contribution in [-0.4, -0.2) is 79.4 Å². The Hall–Kier alpha value is -4.71. The van der Waals surface area contributed by atoms with Crippen molar-refractivity contribution in [2.75, 3.05) is 57.6 Å². The van der Waals surface area contributed by atoms with Crippen LogP contribution >= 0.6 is 0 Å². The van der Waals surface area contributed by atoms with Gasteiger partial charge in [-0.05, 0) is 87.3 Å². The highest BCUT2D eigenvalue weighted by atomic mass is 16.5. The van der Waals surface area contributed by atoms with Crippen molar-refractivity contribution >= 4 is 40.0 Å². The second kappa shape index (κ2) is 16.4. The van der Waals surface area contributed by atoms with Gasteiger partial charge in [0.25, 0.3) is 11.8 Å². The maximum absolute atomic E-state index is 13.4. The Kier molecular flexibility index (Phi) is 11.8. The number of aryl methyl sites for hydroxylation is 1. The Balaban J connectivity index is 1.18. The number of aromatic amines is 1. The van der Waals surface area contributed by atoms with Gasteiger partial charge in [-0.15, -0.1) is 0 Å². The summed E-state index contributed by atoms with van der Waals surface area (Å²) in [4.78, 5) is 46.7. The summed E-state index contributed by atoms with van der Waals surface area (Å²) in [6.45, 7) is 6.45. The second-order valence-corrected chi connectivity index (χ2v) is 12.3. The van der Waals surface area contributed by atoms with E-state index in [0.717, 1.165) is 67.6 Å². The number of amides is 3. The fourth-order valence-corrected chi connectivity index (χ4v) is 5.84. The molecule has 0 spiro atoms. The topological polar surface area (TPSA) is 142 Å². The van der Waals surface area contributed by atoms with Crippen molar-refractivity contribution < 1.29 is 23.9 Å². The van der Waals surface area contributed by atoms with Crippen LogP contribution in [0, 0.1) is 6.92 Å². The van der Waals surface area contributed by atoms with Gasteiger partial charge in [0.1, 0.15) is 5.75 Å². The number of methoxy groups -OCH3 is 1. The number of ether oxygens (including phenoxy) is 2. The van der Waals surface area contributed by atoms with Crippen LogP contribution in [0.4, 0.5) is 11.4 Å². The Morgan fingerprint density at radius 3 is 2.44 bits per heavy atom. The average Bonchev–Trinajstić information content (AvgIpc) is 3.52. The molecule has 254 valence electrons. The van der Waals surface area contributed by atoms with Gasteiger partial charge in [-0.25, -0.2) is 0 Å². The number of hydrogen-bond donors (Lipinski definition) is 4. The number of nitrogens with one attached hydrogen (secondary N) is 3. The Bertz CT molecular complexity index is 1740. The predicted octanol–water partition coefficient (Wildman–Crippen LogP) is 5.30. The molecule has 11 heteroatoms. The van der Waals surface area contributed by atoms with Crippen molar-refractivity contribution in [3.63, 3.8) is 0 Å². The molecule has 0 bridgehead atoms. The van der Waals surface area contributed by atoms with E-state index in [2.05, 4.69) is 27.6 Å². The molecule has 1 saturated heterocycles. The molecule has 3 amide bonds. The highest BCUT2D eigenvalue weighted by Crippen LogP contribution is 2.28. The number of benzene rings is 3. The van der Waals surface area contributed by atoms with Gasteiger partial charge in [-0.3, -0.25) is 14.4 Å². The quantitative estimate of drug-likeness (QED) is 0.135. The molecule has 3 aromatic carbocycles. The average molecular weight is 655 g/mol. The van der Waals surface area contributed by atoms with Crippen LogP contribution in [0.5, 0.6) is 5.75 Å². The summed E-state index contributed by atoms with van der Waals surface area (Å²) in [6.07, 6.45) is 3.07. The van der Waals surface area contributed by atoms with Gasteiger partial charge >= 0.3 is 0 Å². The van der Waals surface area contributed by atoms with Crippen molar-refractivity contribution in [3.8, 4) is 5.75 Å². The van der Waals surface area contributed by atoms with Gasteiger partial charge in [0.15, 0.2) is 0 Å². The van der Waals surface area contributed by atoms with E-state index in [9.17, 15) is 14.4 Å². The lowest BCUT2D eigenvalue weighted by Gasteiger charge is -2.32. The number of likely N-dealkylation sites (N-methyl/N-ethyl adjacent to an activating group) is 1. The first-order chi connectivity index (χ1) is 23.2. The van der Waals surface area contributed by atoms with E-state index in [1.165, 1.54) is 0 Å². The number of anilines is 2. The van der Waals surface area contributed by atoms with E-state index in [1.54, 1.807) is 31.4 Å². The fourth-order valence-electron chi connectivity index (χ4n) is 5.84. The minimum atomic E-state index is -0.312. The molecule has 0 unspecified atom stereocenters. The highest BCUT2D eigenvalue weighted by Gasteiger charge is 2.19. The van der Waals surface area contributed by atoms with Crippen LogP contribution in [0.2, 0.25) is 0 Å². The van der Waals surface area contributed by atoms with E-state index in [-0.39, 0.29) is 24.3 Å². The van der Waals surface area contributed by atoms with E-state index in [4.69, 9.17) is 15.2 Å². The Morgan fingerprint density at radius 2 is 1.67 bits per heavy atom. The molecule has 0 atom stereocenters. The number of nitrogens with zero attached hydrogens (tertiary/aromatic N) is 2. The van der Waals surface area contributed by atoms with E-state index in [1.807, 2.05) is 48.2 Å². The number of rotatable bonds is 14. The zero-order valence-electron chi connectivity index (χ0n) is 28.1. The third kappa shape index (κ3) is 8.80. The van der Waals surface area contributed by atoms with E-state index in [0.29, 0.717) is 53.4 Å². The highest BCUT2D eigenvalue weighted by molar-refractivity contribution is 6.13. The molecule has 0 aliphatic carbocycles. The second-order valence-electron chi connectivity index (χ2n) is 12.3. The predicted molar refractivity (Wildman–Crippen MR) is 188 cm³/mol. The molecule has 5 N–H and O–H groups in total. The maximum Gasteiger partial charge on any atom is 0.256 e. The van der Waals surface area contributed by atoms with Crippen molar-refractivity contribution in [3.05, 3.63) is 88.6 Å². The lowest BCUT2D eigenvalue weighted by atomic mass is 10.1. The van der Waals surface area contributed by atoms with Gasteiger partial charge < -0.3 is 40.6 Å². The molecular formula is C37H46N6O5. The van der Waals surface area contributed by atoms with Gasteiger partial charge in [0, 0.05) is 85.2 Å². The summed E-state index contributed by atoms with van der Waals surface area (Å²) in [5.41, 5.74) is 11.2. The first kappa shape index (κ1) is 34.6. The van der Waals surface area contributed by atoms with E-state index < -0.39 is 0 Å². The molecule has 4 aromatic rings.